The number of amides is 1. The van der Waals surface area contributed by atoms with Crippen LogP contribution in [0.15, 0.2) is 24.5 Å². The highest BCUT2D eigenvalue weighted by atomic mass is 35.5. The number of aromatic nitrogens is 4. The number of nitrogens with zero attached hydrogens (tertiary/aromatic N) is 4. The maximum absolute atomic E-state index is 12.9. The van der Waals surface area contributed by atoms with E-state index in [0.717, 1.165) is 11.3 Å². The largest absolute Gasteiger partial charge is 0.494 e. The van der Waals surface area contributed by atoms with Crippen LogP contribution in [0.1, 0.15) is 16.1 Å². The summed E-state index contributed by atoms with van der Waals surface area (Å²) in [7, 11) is 4.55. The lowest BCUT2D eigenvalue weighted by molar-refractivity contribution is 0.102. The van der Waals surface area contributed by atoms with Crippen LogP contribution in [0.5, 0.6) is 10.9 Å². The Morgan fingerprint density at radius 1 is 1.11 bits per heavy atom. The maximum atomic E-state index is 12.9. The molecule has 0 aliphatic rings. The first-order chi connectivity index (χ1) is 13.5. The molecule has 0 saturated carbocycles. The zero-order valence-corrected chi connectivity index (χ0v) is 16.8. The van der Waals surface area contributed by atoms with Crippen LogP contribution in [-0.2, 0) is 11.3 Å². The predicted molar refractivity (Wildman–Crippen MR) is 104 cm³/mol. The van der Waals surface area contributed by atoms with Gasteiger partial charge < -0.3 is 14.2 Å². The van der Waals surface area contributed by atoms with Gasteiger partial charge in [-0.25, -0.2) is 4.98 Å². The molecule has 1 amide bonds. The predicted octanol–water partition coefficient (Wildman–Crippen LogP) is 3.06. The molecule has 0 atom stereocenters. The van der Waals surface area contributed by atoms with Gasteiger partial charge in [0.25, 0.3) is 11.1 Å². The average molecular weight is 422 g/mol. The van der Waals surface area contributed by atoms with Gasteiger partial charge in [0, 0.05) is 24.4 Å². The standard InChI is InChI=1S/C17H16ClN5O4S/c1-25-8-9-4-10(11-5-14(18)20-7-13(11)26-2)12(6-19-9)15(24)21-16-22-23-17(27-3)28-16/h4-7H,8H2,1-3H3,(H,21,22,24). The second kappa shape index (κ2) is 8.91. The number of halogens is 1. The first-order valence-electron chi connectivity index (χ1n) is 7.92. The van der Waals surface area contributed by atoms with Gasteiger partial charge in [0.15, 0.2) is 0 Å². The lowest BCUT2D eigenvalue weighted by atomic mass is 10.00. The minimum Gasteiger partial charge on any atom is -0.494 e. The summed E-state index contributed by atoms with van der Waals surface area (Å²) >= 11 is 7.17. The molecule has 3 rings (SSSR count). The number of carbonyl (C=O) groups excluding carboxylic acids is 1. The number of pyridine rings is 2. The van der Waals surface area contributed by atoms with Gasteiger partial charge in [-0.2, -0.15) is 0 Å². The van der Waals surface area contributed by atoms with E-state index in [4.69, 9.17) is 25.8 Å². The number of rotatable bonds is 7. The number of carbonyl (C=O) groups is 1. The summed E-state index contributed by atoms with van der Waals surface area (Å²) in [5, 5.41) is 11.3. The fraction of sp³-hybridized carbons (Fsp3) is 0.235. The fourth-order valence-corrected chi connectivity index (χ4v) is 3.14. The number of anilines is 1. The normalized spacial score (nSPS) is 10.6. The first kappa shape index (κ1) is 19.9. The van der Waals surface area contributed by atoms with Crippen molar-refractivity contribution in [3.8, 4) is 22.1 Å². The number of methoxy groups -OCH3 is 3. The summed E-state index contributed by atoms with van der Waals surface area (Å²) in [5.74, 6) is 0.0471. The van der Waals surface area contributed by atoms with Crippen LogP contribution in [-0.4, -0.2) is 47.4 Å². The molecule has 146 valence electrons. The highest BCUT2D eigenvalue weighted by Crippen LogP contribution is 2.34. The van der Waals surface area contributed by atoms with Crippen molar-refractivity contribution in [2.45, 2.75) is 6.61 Å². The highest BCUT2D eigenvalue weighted by Gasteiger charge is 2.20. The SMILES string of the molecule is COCc1cc(-c2cc(Cl)ncc2OC)c(C(=O)Nc2nnc(OC)s2)cn1. The third-order valence-electron chi connectivity index (χ3n) is 3.64. The summed E-state index contributed by atoms with van der Waals surface area (Å²) in [6.07, 6.45) is 2.95. The number of hydrogen-bond donors (Lipinski definition) is 1. The molecule has 11 heteroatoms. The Bertz CT molecular complexity index is 997. The smallest absolute Gasteiger partial charge is 0.295 e. The summed E-state index contributed by atoms with van der Waals surface area (Å²) in [6.45, 7) is 0.281. The molecule has 0 bridgehead atoms. The van der Waals surface area contributed by atoms with Gasteiger partial charge in [0.2, 0.25) is 5.13 Å². The van der Waals surface area contributed by atoms with Crippen molar-refractivity contribution in [2.24, 2.45) is 0 Å². The Hall–Kier alpha value is -2.82. The van der Waals surface area contributed by atoms with Crippen molar-refractivity contribution >= 4 is 34.0 Å². The van der Waals surface area contributed by atoms with E-state index in [0.29, 0.717) is 38.5 Å². The van der Waals surface area contributed by atoms with E-state index in [1.165, 1.54) is 26.6 Å². The van der Waals surface area contributed by atoms with E-state index in [1.54, 1.807) is 19.2 Å². The molecule has 0 aliphatic heterocycles. The Balaban J connectivity index is 2.05. The van der Waals surface area contributed by atoms with Gasteiger partial charge in [-0.1, -0.05) is 16.7 Å². The summed E-state index contributed by atoms with van der Waals surface area (Å²) < 4.78 is 15.5. The van der Waals surface area contributed by atoms with E-state index in [1.807, 2.05) is 0 Å². The van der Waals surface area contributed by atoms with Gasteiger partial charge in [-0.3, -0.25) is 15.1 Å². The van der Waals surface area contributed by atoms with Crippen molar-refractivity contribution in [1.82, 2.24) is 20.2 Å². The molecular weight excluding hydrogens is 406 g/mol. The molecule has 9 nitrogen and oxygen atoms in total. The summed E-state index contributed by atoms with van der Waals surface area (Å²) in [4.78, 5) is 21.2. The molecule has 3 aromatic rings. The van der Waals surface area contributed by atoms with Crippen molar-refractivity contribution < 1.29 is 19.0 Å². The zero-order valence-electron chi connectivity index (χ0n) is 15.2. The van der Waals surface area contributed by atoms with E-state index in [2.05, 4.69) is 25.5 Å². The third-order valence-corrected chi connectivity index (χ3v) is 4.65. The summed E-state index contributed by atoms with van der Waals surface area (Å²) in [5.41, 5.74) is 2.11. The molecular formula is C17H16ClN5O4S. The molecule has 0 saturated heterocycles. The molecule has 0 fully saturated rings. The van der Waals surface area contributed by atoms with Crippen LogP contribution in [0.2, 0.25) is 5.15 Å². The van der Waals surface area contributed by atoms with Gasteiger partial charge in [-0.15, -0.1) is 5.10 Å². The Morgan fingerprint density at radius 3 is 2.61 bits per heavy atom. The molecule has 0 radical (unpaired) electrons. The lowest BCUT2D eigenvalue weighted by Crippen LogP contribution is -2.14. The second-order valence-electron chi connectivity index (χ2n) is 5.39. The van der Waals surface area contributed by atoms with Crippen LogP contribution in [0.25, 0.3) is 11.1 Å². The fourth-order valence-electron chi connectivity index (χ4n) is 2.43. The summed E-state index contributed by atoms with van der Waals surface area (Å²) in [6, 6.07) is 3.37. The molecule has 1 N–H and O–H groups in total. The van der Waals surface area contributed by atoms with Gasteiger partial charge >= 0.3 is 0 Å². The minimum absolute atomic E-state index is 0.265. The topological polar surface area (TPSA) is 108 Å². The first-order valence-corrected chi connectivity index (χ1v) is 9.11. The third kappa shape index (κ3) is 4.35. The van der Waals surface area contributed by atoms with Gasteiger partial charge in [-0.05, 0) is 23.5 Å². The lowest BCUT2D eigenvalue weighted by Gasteiger charge is -2.14. The van der Waals surface area contributed by atoms with Crippen LogP contribution < -0.4 is 14.8 Å². The van der Waals surface area contributed by atoms with Crippen molar-refractivity contribution in [3.05, 3.63) is 40.9 Å². The maximum Gasteiger partial charge on any atom is 0.295 e. The van der Waals surface area contributed by atoms with E-state index < -0.39 is 5.91 Å². The molecule has 3 aromatic heterocycles. The monoisotopic (exact) mass is 421 g/mol. The second-order valence-corrected chi connectivity index (χ2v) is 6.72. The van der Waals surface area contributed by atoms with Crippen LogP contribution in [0, 0.1) is 0 Å². The average Bonchev–Trinajstić information content (AvgIpc) is 3.15. The molecule has 0 aromatic carbocycles. The molecule has 0 spiro atoms. The molecule has 0 unspecified atom stereocenters. The Morgan fingerprint density at radius 2 is 1.93 bits per heavy atom. The van der Waals surface area contributed by atoms with E-state index >= 15 is 0 Å². The minimum atomic E-state index is -0.416. The number of hydrogen-bond acceptors (Lipinski definition) is 9. The van der Waals surface area contributed by atoms with Gasteiger partial charge in [0.1, 0.15) is 10.9 Å². The Kier molecular flexibility index (Phi) is 6.34. The van der Waals surface area contributed by atoms with Crippen molar-refractivity contribution in [3.63, 3.8) is 0 Å². The van der Waals surface area contributed by atoms with Crippen LogP contribution >= 0.6 is 22.9 Å². The Labute approximate surface area is 169 Å². The van der Waals surface area contributed by atoms with Crippen LogP contribution in [0.3, 0.4) is 0 Å². The quantitative estimate of drug-likeness (QED) is 0.580. The highest BCUT2D eigenvalue weighted by molar-refractivity contribution is 7.17. The van der Waals surface area contributed by atoms with Crippen molar-refractivity contribution in [1.29, 1.82) is 0 Å². The number of ether oxygens (including phenoxy) is 3. The van der Waals surface area contributed by atoms with E-state index in [-0.39, 0.29) is 11.8 Å². The van der Waals surface area contributed by atoms with Crippen LogP contribution in [0.4, 0.5) is 5.13 Å². The van der Waals surface area contributed by atoms with Gasteiger partial charge in [0.05, 0.1) is 38.3 Å². The number of nitrogens with one attached hydrogen (secondary N) is 1. The zero-order chi connectivity index (χ0) is 20.1. The van der Waals surface area contributed by atoms with Crippen molar-refractivity contribution in [2.75, 3.05) is 26.6 Å². The molecule has 0 aliphatic carbocycles. The van der Waals surface area contributed by atoms with E-state index in [9.17, 15) is 4.79 Å². The molecule has 3 heterocycles. The molecule has 28 heavy (non-hydrogen) atoms.